The van der Waals surface area contributed by atoms with Crippen molar-refractivity contribution < 1.29 is 9.18 Å². The number of amides is 1. The molecule has 0 bridgehead atoms. The van der Waals surface area contributed by atoms with Gasteiger partial charge in [0.2, 0.25) is 5.91 Å². The molecule has 128 valence electrons. The van der Waals surface area contributed by atoms with Crippen molar-refractivity contribution in [3.8, 4) is 0 Å². The van der Waals surface area contributed by atoms with Crippen LogP contribution in [0.5, 0.6) is 0 Å². The van der Waals surface area contributed by atoms with Gasteiger partial charge >= 0.3 is 0 Å². The molecule has 3 aromatic rings. The fourth-order valence-corrected chi connectivity index (χ4v) is 3.21. The van der Waals surface area contributed by atoms with Crippen LogP contribution >= 0.6 is 11.3 Å². The second-order valence-corrected chi connectivity index (χ2v) is 6.51. The maximum atomic E-state index is 13.4. The van der Waals surface area contributed by atoms with E-state index in [-0.39, 0.29) is 17.8 Å². The Kier molecular flexibility index (Phi) is 5.04. The van der Waals surface area contributed by atoms with Crippen LogP contribution < -0.4 is 5.56 Å². The number of fused-ring (bicyclic) bond motifs is 1. The summed E-state index contributed by atoms with van der Waals surface area (Å²) in [6.07, 6.45) is 2.96. The second kappa shape index (κ2) is 7.40. The molecule has 0 atom stereocenters. The number of halogens is 1. The van der Waals surface area contributed by atoms with Crippen molar-refractivity contribution in [3.05, 3.63) is 75.7 Å². The molecule has 0 spiro atoms. The van der Waals surface area contributed by atoms with Crippen molar-refractivity contribution in [1.29, 1.82) is 0 Å². The van der Waals surface area contributed by atoms with Gasteiger partial charge in [0.15, 0.2) is 0 Å². The molecular weight excluding hydrogens is 341 g/mol. The second-order valence-electron chi connectivity index (χ2n) is 5.48. The van der Waals surface area contributed by atoms with Crippen molar-refractivity contribution in [2.75, 3.05) is 6.54 Å². The standard InChI is InChI=1S/C18H16FN3O2S/c1-2-7-21(10-14-4-3-8-25-14)17(23)11-22-12-20-16-6-5-13(19)9-15(16)18(22)24/h2-6,8-9,12H,1,7,10-11H2. The van der Waals surface area contributed by atoms with Gasteiger partial charge in [0.25, 0.3) is 5.56 Å². The Hall–Kier alpha value is -2.80. The number of rotatable bonds is 6. The van der Waals surface area contributed by atoms with E-state index < -0.39 is 11.4 Å². The predicted octanol–water partition coefficient (Wildman–Crippen LogP) is 2.81. The molecule has 0 aliphatic heterocycles. The first-order valence-electron chi connectivity index (χ1n) is 7.64. The average Bonchev–Trinajstić information content (AvgIpc) is 3.10. The number of benzene rings is 1. The van der Waals surface area contributed by atoms with Crippen LogP contribution in [0.4, 0.5) is 4.39 Å². The van der Waals surface area contributed by atoms with E-state index >= 15 is 0 Å². The lowest BCUT2D eigenvalue weighted by molar-refractivity contribution is -0.131. The molecule has 0 aliphatic carbocycles. The first-order valence-corrected chi connectivity index (χ1v) is 8.52. The van der Waals surface area contributed by atoms with Gasteiger partial charge in [0, 0.05) is 11.4 Å². The third-order valence-corrected chi connectivity index (χ3v) is 4.58. The molecule has 0 radical (unpaired) electrons. The van der Waals surface area contributed by atoms with Crippen molar-refractivity contribution >= 4 is 28.1 Å². The summed E-state index contributed by atoms with van der Waals surface area (Å²) in [5, 5.41) is 2.10. The third kappa shape index (κ3) is 3.83. The van der Waals surface area contributed by atoms with Crippen molar-refractivity contribution in [1.82, 2.24) is 14.5 Å². The molecule has 1 amide bonds. The van der Waals surface area contributed by atoms with Gasteiger partial charge in [-0.15, -0.1) is 17.9 Å². The quantitative estimate of drug-likeness (QED) is 0.638. The third-order valence-electron chi connectivity index (χ3n) is 3.72. The molecule has 7 heteroatoms. The number of thiophene rings is 1. The molecule has 1 aromatic carbocycles. The molecule has 0 aliphatic rings. The summed E-state index contributed by atoms with van der Waals surface area (Å²) in [5.74, 6) is -0.741. The highest BCUT2D eigenvalue weighted by molar-refractivity contribution is 7.09. The summed E-state index contributed by atoms with van der Waals surface area (Å²) >= 11 is 1.56. The van der Waals surface area contributed by atoms with Crippen LogP contribution in [0, 0.1) is 5.82 Å². The highest BCUT2D eigenvalue weighted by Crippen LogP contribution is 2.13. The van der Waals surface area contributed by atoms with Crippen LogP contribution in [-0.4, -0.2) is 26.9 Å². The Morgan fingerprint density at radius 2 is 2.24 bits per heavy atom. The minimum absolute atomic E-state index is 0.155. The number of hydrogen-bond acceptors (Lipinski definition) is 4. The Morgan fingerprint density at radius 1 is 1.40 bits per heavy atom. The molecule has 5 nitrogen and oxygen atoms in total. The van der Waals surface area contributed by atoms with Crippen LogP contribution in [-0.2, 0) is 17.9 Å². The molecule has 0 saturated carbocycles. The monoisotopic (exact) mass is 357 g/mol. The summed E-state index contributed by atoms with van der Waals surface area (Å²) in [5.41, 5.74) is -0.0378. The normalized spacial score (nSPS) is 10.8. The van der Waals surface area contributed by atoms with Crippen LogP contribution in [0.25, 0.3) is 10.9 Å². The fraction of sp³-hybridized carbons (Fsp3) is 0.167. The minimum Gasteiger partial charge on any atom is -0.332 e. The van der Waals surface area contributed by atoms with E-state index in [0.29, 0.717) is 18.6 Å². The molecule has 0 unspecified atom stereocenters. The van der Waals surface area contributed by atoms with Crippen LogP contribution in [0.1, 0.15) is 4.88 Å². The number of nitrogens with zero attached hydrogens (tertiary/aromatic N) is 3. The van der Waals surface area contributed by atoms with Crippen LogP contribution in [0.3, 0.4) is 0 Å². The van der Waals surface area contributed by atoms with Gasteiger partial charge in [0.05, 0.1) is 23.8 Å². The van der Waals surface area contributed by atoms with Crippen molar-refractivity contribution in [2.24, 2.45) is 0 Å². The molecule has 2 aromatic heterocycles. The zero-order valence-electron chi connectivity index (χ0n) is 13.4. The highest BCUT2D eigenvalue weighted by Gasteiger charge is 2.15. The van der Waals surface area contributed by atoms with Gasteiger partial charge in [-0.1, -0.05) is 12.1 Å². The molecule has 3 rings (SSSR count). The van der Waals surface area contributed by atoms with Gasteiger partial charge in [-0.2, -0.15) is 0 Å². The predicted molar refractivity (Wildman–Crippen MR) is 95.9 cm³/mol. The molecule has 25 heavy (non-hydrogen) atoms. The summed E-state index contributed by atoms with van der Waals surface area (Å²) in [4.78, 5) is 31.9. The zero-order valence-corrected chi connectivity index (χ0v) is 14.2. The van der Waals surface area contributed by atoms with E-state index in [1.54, 1.807) is 22.3 Å². The average molecular weight is 357 g/mol. The van der Waals surface area contributed by atoms with E-state index in [1.807, 2.05) is 17.5 Å². The van der Waals surface area contributed by atoms with E-state index in [2.05, 4.69) is 11.6 Å². The largest absolute Gasteiger partial charge is 0.332 e. The highest BCUT2D eigenvalue weighted by atomic mass is 32.1. The lowest BCUT2D eigenvalue weighted by Gasteiger charge is -2.21. The lowest BCUT2D eigenvalue weighted by Crippen LogP contribution is -2.36. The molecule has 2 heterocycles. The van der Waals surface area contributed by atoms with E-state index in [1.165, 1.54) is 23.0 Å². The SMILES string of the molecule is C=CCN(Cc1cccs1)C(=O)Cn1cnc2ccc(F)cc2c1=O. The zero-order chi connectivity index (χ0) is 17.8. The summed E-state index contributed by atoms with van der Waals surface area (Å²) in [7, 11) is 0. The summed E-state index contributed by atoms with van der Waals surface area (Å²) in [6, 6.07) is 7.69. The summed E-state index contributed by atoms with van der Waals surface area (Å²) < 4.78 is 14.6. The van der Waals surface area contributed by atoms with Gasteiger partial charge in [0.1, 0.15) is 12.4 Å². The Bertz CT molecular complexity index is 966. The molecule has 0 saturated heterocycles. The Balaban J connectivity index is 1.85. The van der Waals surface area contributed by atoms with E-state index in [0.717, 1.165) is 10.9 Å². The van der Waals surface area contributed by atoms with Crippen molar-refractivity contribution in [2.45, 2.75) is 13.1 Å². The molecule has 0 fully saturated rings. The van der Waals surface area contributed by atoms with E-state index in [4.69, 9.17) is 0 Å². The maximum absolute atomic E-state index is 13.4. The maximum Gasteiger partial charge on any atom is 0.261 e. The van der Waals surface area contributed by atoms with Crippen LogP contribution in [0.2, 0.25) is 0 Å². The number of carbonyl (C=O) groups excluding carboxylic acids is 1. The number of carbonyl (C=O) groups is 1. The molecular formula is C18H16FN3O2S. The summed E-state index contributed by atoms with van der Waals surface area (Å²) in [6.45, 7) is 4.35. The van der Waals surface area contributed by atoms with Crippen LogP contribution in [0.15, 0.2) is 59.5 Å². The minimum atomic E-state index is -0.513. The molecule has 0 N–H and O–H groups in total. The first kappa shape index (κ1) is 17.0. The smallest absolute Gasteiger partial charge is 0.261 e. The lowest BCUT2D eigenvalue weighted by atomic mass is 10.2. The van der Waals surface area contributed by atoms with Gasteiger partial charge in [-0.3, -0.25) is 14.2 Å². The first-order chi connectivity index (χ1) is 12.1. The Morgan fingerprint density at radius 3 is 2.96 bits per heavy atom. The number of hydrogen-bond donors (Lipinski definition) is 0. The van der Waals surface area contributed by atoms with Gasteiger partial charge in [-0.05, 0) is 29.6 Å². The van der Waals surface area contributed by atoms with E-state index in [9.17, 15) is 14.0 Å². The Labute approximate surface area is 147 Å². The van der Waals surface area contributed by atoms with Gasteiger partial charge < -0.3 is 4.90 Å². The topological polar surface area (TPSA) is 55.2 Å². The fourth-order valence-electron chi connectivity index (χ4n) is 2.49. The number of aromatic nitrogens is 2. The van der Waals surface area contributed by atoms with Crippen molar-refractivity contribution in [3.63, 3.8) is 0 Å². The van der Waals surface area contributed by atoms with Gasteiger partial charge in [-0.25, -0.2) is 9.37 Å².